The molecule has 0 amide bonds. The Morgan fingerprint density at radius 2 is 1.70 bits per heavy atom. The van der Waals surface area contributed by atoms with E-state index in [1.807, 2.05) is 71.4 Å². The second-order valence-corrected chi connectivity index (χ2v) is 9.55. The van der Waals surface area contributed by atoms with E-state index in [1.165, 1.54) is 4.68 Å². The Balaban J connectivity index is 1.56. The zero-order valence-corrected chi connectivity index (χ0v) is 19.6. The molecular weight excluding hydrogens is 474 g/mol. The summed E-state index contributed by atoms with van der Waals surface area (Å²) < 4.78 is 1.52. The van der Waals surface area contributed by atoms with Crippen molar-refractivity contribution in [1.29, 1.82) is 0 Å². The molecule has 0 radical (unpaired) electrons. The highest BCUT2D eigenvalue weighted by Gasteiger charge is 2.25. The number of hydrogen-bond donors (Lipinski definition) is 2. The lowest BCUT2D eigenvalue weighted by atomic mass is 9.98. The number of hydrogen-bond acceptors (Lipinski definition) is 5. The largest absolute Gasteiger partial charge is 0.493 e. The van der Waals surface area contributed by atoms with Crippen LogP contribution >= 0.6 is 34.7 Å². The van der Waals surface area contributed by atoms with Gasteiger partial charge in [0.05, 0.1) is 5.02 Å². The van der Waals surface area contributed by atoms with Crippen molar-refractivity contribution in [3.05, 3.63) is 116 Å². The minimum absolute atomic E-state index is 0.126. The molecule has 0 aliphatic carbocycles. The fraction of sp³-hybridized carbons (Fsp3) is 0.0400. The number of rotatable bonds is 6. The molecule has 0 aliphatic heterocycles. The van der Waals surface area contributed by atoms with Crippen LogP contribution in [0.5, 0.6) is 5.88 Å². The molecule has 0 fully saturated rings. The van der Waals surface area contributed by atoms with Crippen molar-refractivity contribution in [3.63, 3.8) is 0 Å². The quantitative estimate of drug-likeness (QED) is 0.286. The summed E-state index contributed by atoms with van der Waals surface area (Å²) in [7, 11) is 0. The molecular formula is C25H18ClN3O2S2. The first-order valence-corrected chi connectivity index (χ1v) is 12.2. The molecule has 2 aromatic carbocycles. The molecule has 2 N–H and O–H groups in total. The first-order valence-electron chi connectivity index (χ1n) is 10.1. The van der Waals surface area contributed by atoms with Crippen molar-refractivity contribution in [2.24, 2.45) is 0 Å². The summed E-state index contributed by atoms with van der Waals surface area (Å²) in [4.78, 5) is 17.8. The highest BCUT2D eigenvalue weighted by Crippen LogP contribution is 2.39. The molecule has 0 saturated carbocycles. The van der Waals surface area contributed by atoms with Crippen molar-refractivity contribution in [2.45, 2.75) is 15.8 Å². The molecule has 3 aromatic heterocycles. The van der Waals surface area contributed by atoms with Gasteiger partial charge in [0.1, 0.15) is 10.9 Å². The molecule has 0 aliphatic rings. The molecule has 164 valence electrons. The molecule has 0 spiro atoms. The number of H-pyrrole nitrogens is 1. The van der Waals surface area contributed by atoms with Gasteiger partial charge < -0.3 is 5.11 Å². The molecule has 5 rings (SSSR count). The molecule has 5 aromatic rings. The number of halogens is 1. The van der Waals surface area contributed by atoms with Crippen LogP contribution in [0.2, 0.25) is 5.02 Å². The molecule has 33 heavy (non-hydrogen) atoms. The molecule has 1 atom stereocenters. The van der Waals surface area contributed by atoms with E-state index >= 15 is 0 Å². The monoisotopic (exact) mass is 491 g/mol. The van der Waals surface area contributed by atoms with Crippen LogP contribution in [-0.4, -0.2) is 19.9 Å². The van der Waals surface area contributed by atoms with Gasteiger partial charge in [0.2, 0.25) is 5.88 Å². The Morgan fingerprint density at radius 1 is 0.970 bits per heavy atom. The van der Waals surface area contributed by atoms with Crippen LogP contribution in [-0.2, 0) is 0 Å². The summed E-state index contributed by atoms with van der Waals surface area (Å²) in [6.45, 7) is 0. The van der Waals surface area contributed by atoms with Gasteiger partial charge in [-0.3, -0.25) is 14.9 Å². The second kappa shape index (κ2) is 9.31. The molecule has 3 heterocycles. The van der Waals surface area contributed by atoms with Crippen LogP contribution in [0.4, 0.5) is 0 Å². The van der Waals surface area contributed by atoms with Crippen molar-refractivity contribution < 1.29 is 5.11 Å². The van der Waals surface area contributed by atoms with Gasteiger partial charge in [-0.25, -0.2) is 4.68 Å². The zero-order chi connectivity index (χ0) is 22.8. The van der Waals surface area contributed by atoms with Crippen molar-refractivity contribution in [1.82, 2.24) is 14.8 Å². The van der Waals surface area contributed by atoms with E-state index in [2.05, 4.69) is 10.1 Å². The molecule has 5 nitrogen and oxygen atoms in total. The number of aromatic hydroxyl groups is 1. The van der Waals surface area contributed by atoms with E-state index in [0.717, 1.165) is 34.0 Å². The fourth-order valence-corrected chi connectivity index (χ4v) is 5.45. The highest BCUT2D eigenvalue weighted by atomic mass is 35.5. The Bertz CT molecular complexity index is 1430. The lowest BCUT2D eigenvalue weighted by Gasteiger charge is -2.19. The summed E-state index contributed by atoms with van der Waals surface area (Å²) in [6, 6.07) is 20.8. The number of thiophene rings is 1. The third-order valence-corrected chi connectivity index (χ3v) is 7.56. The van der Waals surface area contributed by atoms with E-state index in [0.29, 0.717) is 9.92 Å². The number of aromatic amines is 1. The summed E-state index contributed by atoms with van der Waals surface area (Å²) in [5, 5.41) is 18.4. The number of nitrogens with one attached hydrogen (secondary N) is 1. The fourth-order valence-electron chi connectivity index (χ4n) is 3.66. The van der Waals surface area contributed by atoms with Crippen molar-refractivity contribution in [2.75, 3.05) is 0 Å². The van der Waals surface area contributed by atoms with Gasteiger partial charge in [-0.05, 0) is 63.3 Å². The van der Waals surface area contributed by atoms with E-state index in [1.54, 1.807) is 29.8 Å². The van der Waals surface area contributed by atoms with Crippen LogP contribution < -0.4 is 5.56 Å². The van der Waals surface area contributed by atoms with Gasteiger partial charge in [0.15, 0.2) is 0 Å². The van der Waals surface area contributed by atoms with Gasteiger partial charge >= 0.3 is 0 Å². The number of benzene rings is 2. The lowest BCUT2D eigenvalue weighted by molar-refractivity contribution is 0.385. The summed E-state index contributed by atoms with van der Waals surface area (Å²) in [6.07, 6.45) is 3.52. The molecule has 0 bridgehead atoms. The minimum Gasteiger partial charge on any atom is -0.493 e. The summed E-state index contributed by atoms with van der Waals surface area (Å²) in [5.41, 5.74) is 3.66. The average Bonchev–Trinajstić information content (AvgIpc) is 3.46. The Morgan fingerprint density at radius 3 is 2.39 bits per heavy atom. The Kier molecular flexibility index (Phi) is 6.09. The third kappa shape index (κ3) is 4.35. The van der Waals surface area contributed by atoms with Crippen LogP contribution in [0.25, 0.3) is 11.1 Å². The SMILES string of the molecule is O=c1[nH]n(C(c2ccc(-c3ccncc3)cc2)c2ccsc2)c(O)c1Sc1ccccc1Cl. The first-order chi connectivity index (χ1) is 16.1. The average molecular weight is 492 g/mol. The van der Waals surface area contributed by atoms with Crippen LogP contribution in [0.15, 0.2) is 104 Å². The lowest BCUT2D eigenvalue weighted by Crippen LogP contribution is -2.15. The highest BCUT2D eigenvalue weighted by molar-refractivity contribution is 7.99. The third-order valence-electron chi connectivity index (χ3n) is 5.27. The van der Waals surface area contributed by atoms with Gasteiger partial charge in [0, 0.05) is 17.3 Å². The van der Waals surface area contributed by atoms with Crippen molar-refractivity contribution in [3.8, 4) is 17.0 Å². The van der Waals surface area contributed by atoms with Crippen LogP contribution in [0.3, 0.4) is 0 Å². The van der Waals surface area contributed by atoms with E-state index in [9.17, 15) is 9.90 Å². The zero-order valence-electron chi connectivity index (χ0n) is 17.2. The van der Waals surface area contributed by atoms with Gasteiger partial charge in [-0.2, -0.15) is 11.3 Å². The topological polar surface area (TPSA) is 70.9 Å². The van der Waals surface area contributed by atoms with Gasteiger partial charge in [0.25, 0.3) is 5.56 Å². The van der Waals surface area contributed by atoms with E-state index in [4.69, 9.17) is 11.6 Å². The number of pyridine rings is 1. The molecule has 1 unspecified atom stereocenters. The van der Waals surface area contributed by atoms with Crippen molar-refractivity contribution >= 4 is 34.7 Å². The van der Waals surface area contributed by atoms with Gasteiger partial charge in [-0.1, -0.05) is 59.8 Å². The standard InChI is InChI=1S/C25H18ClN3O2S2/c26-20-3-1-2-4-21(20)33-23-24(30)28-29(25(23)31)22(19-11-14-32-15-19)18-7-5-16(6-8-18)17-9-12-27-13-10-17/h1-15,22,31H,(H,28,30). The van der Waals surface area contributed by atoms with E-state index in [-0.39, 0.29) is 16.3 Å². The summed E-state index contributed by atoms with van der Waals surface area (Å²) >= 11 is 8.98. The Hall–Kier alpha value is -3.26. The molecule has 0 saturated heterocycles. The summed E-state index contributed by atoms with van der Waals surface area (Å²) in [5.74, 6) is -0.126. The maximum absolute atomic E-state index is 12.8. The predicted octanol–water partition coefficient (Wildman–Crippen LogP) is 6.45. The van der Waals surface area contributed by atoms with Crippen LogP contribution in [0.1, 0.15) is 17.2 Å². The number of aromatic nitrogens is 3. The Labute approximate surface area is 203 Å². The maximum atomic E-state index is 12.8. The first kappa shape index (κ1) is 21.6. The number of nitrogens with zero attached hydrogens (tertiary/aromatic N) is 2. The normalized spacial score (nSPS) is 12.0. The van der Waals surface area contributed by atoms with Crippen LogP contribution in [0, 0.1) is 0 Å². The minimum atomic E-state index is -0.393. The maximum Gasteiger partial charge on any atom is 0.282 e. The smallest absolute Gasteiger partial charge is 0.282 e. The van der Waals surface area contributed by atoms with E-state index < -0.39 is 6.04 Å². The molecule has 8 heteroatoms. The predicted molar refractivity (Wildman–Crippen MR) is 134 cm³/mol. The second-order valence-electron chi connectivity index (χ2n) is 7.31. The van der Waals surface area contributed by atoms with Gasteiger partial charge in [-0.15, -0.1) is 0 Å².